The van der Waals surface area contributed by atoms with Gasteiger partial charge in [0.25, 0.3) is 0 Å². The van der Waals surface area contributed by atoms with Crippen molar-refractivity contribution in [2.24, 2.45) is 0 Å². The second kappa shape index (κ2) is 39.9. The van der Waals surface area contributed by atoms with Gasteiger partial charge in [0.2, 0.25) is 5.91 Å². The maximum Gasteiger partial charge on any atom is 0.305 e. The van der Waals surface area contributed by atoms with Crippen molar-refractivity contribution in [3.8, 4) is 0 Å². The van der Waals surface area contributed by atoms with Crippen molar-refractivity contribution in [2.75, 3.05) is 13.2 Å². The Labute approximate surface area is 309 Å². The van der Waals surface area contributed by atoms with Crippen molar-refractivity contribution in [1.82, 2.24) is 5.32 Å². The number of aliphatic hydroxyl groups is 2. The highest BCUT2D eigenvalue weighted by molar-refractivity contribution is 5.76. The number of nitrogens with one attached hydrogen (secondary N) is 1. The largest absolute Gasteiger partial charge is 0.466 e. The summed E-state index contributed by atoms with van der Waals surface area (Å²) in [6.07, 6.45) is 45.6. The van der Waals surface area contributed by atoms with Gasteiger partial charge < -0.3 is 20.3 Å². The molecule has 0 aromatic rings. The second-order valence-electron chi connectivity index (χ2n) is 14.3. The molecule has 0 saturated carbocycles. The predicted octanol–water partition coefficient (Wildman–Crippen LogP) is 11.8. The lowest BCUT2D eigenvalue weighted by atomic mass is 10.1. The first-order chi connectivity index (χ1) is 24.5. The molecule has 2 unspecified atom stereocenters. The minimum Gasteiger partial charge on any atom is -0.466 e. The molecule has 0 saturated heterocycles. The maximum atomic E-state index is 12.3. The molecule has 0 spiro atoms. The third-order valence-corrected chi connectivity index (χ3v) is 9.38. The lowest BCUT2D eigenvalue weighted by Gasteiger charge is -2.19. The molecular weight excluding hydrogens is 622 g/mol. The van der Waals surface area contributed by atoms with Crippen molar-refractivity contribution in [3.05, 3.63) is 36.5 Å². The number of amides is 1. The van der Waals surface area contributed by atoms with Gasteiger partial charge in [0.05, 0.1) is 25.4 Å². The average molecular weight is 704 g/mol. The van der Waals surface area contributed by atoms with Crippen LogP contribution in [0.3, 0.4) is 0 Å². The lowest BCUT2D eigenvalue weighted by molar-refractivity contribution is -0.143. The fraction of sp³-hybridized carbons (Fsp3) is 0.818. The summed E-state index contributed by atoms with van der Waals surface area (Å²) in [4.78, 5) is 24.3. The smallest absolute Gasteiger partial charge is 0.305 e. The van der Waals surface area contributed by atoms with Gasteiger partial charge in [-0.15, -0.1) is 0 Å². The van der Waals surface area contributed by atoms with Crippen molar-refractivity contribution in [1.29, 1.82) is 0 Å². The van der Waals surface area contributed by atoms with Gasteiger partial charge in [-0.05, 0) is 77.0 Å². The number of esters is 1. The molecule has 0 aromatic carbocycles. The van der Waals surface area contributed by atoms with Crippen LogP contribution in [0.15, 0.2) is 36.5 Å². The first kappa shape index (κ1) is 48.1. The van der Waals surface area contributed by atoms with Crippen molar-refractivity contribution < 1.29 is 24.5 Å². The summed E-state index contributed by atoms with van der Waals surface area (Å²) < 4.78 is 5.41. The Balaban J connectivity index is 3.60. The van der Waals surface area contributed by atoms with E-state index in [9.17, 15) is 19.8 Å². The average Bonchev–Trinajstić information content (AvgIpc) is 3.11. The van der Waals surface area contributed by atoms with Crippen LogP contribution < -0.4 is 5.32 Å². The van der Waals surface area contributed by atoms with Gasteiger partial charge in [-0.3, -0.25) is 9.59 Å². The van der Waals surface area contributed by atoms with E-state index in [1.165, 1.54) is 109 Å². The Kier molecular flexibility index (Phi) is 38.3. The molecule has 292 valence electrons. The molecule has 0 fully saturated rings. The molecule has 0 aliphatic carbocycles. The van der Waals surface area contributed by atoms with Crippen molar-refractivity contribution >= 4 is 11.9 Å². The van der Waals surface area contributed by atoms with Crippen LogP contribution in [-0.2, 0) is 14.3 Å². The maximum absolute atomic E-state index is 12.3. The highest BCUT2D eigenvalue weighted by Crippen LogP contribution is 2.12. The minimum atomic E-state index is -0.873. The third kappa shape index (κ3) is 35.9. The molecule has 0 bridgehead atoms. The van der Waals surface area contributed by atoms with Crippen LogP contribution in [0.5, 0.6) is 0 Å². The van der Waals surface area contributed by atoms with Gasteiger partial charge in [0.1, 0.15) is 0 Å². The summed E-state index contributed by atoms with van der Waals surface area (Å²) in [5.41, 5.74) is 0. The molecular formula is C44H81NO5. The summed E-state index contributed by atoms with van der Waals surface area (Å²) in [6.45, 7) is 4.75. The number of aliphatic hydroxyl groups excluding tert-OH is 2. The first-order valence-electron chi connectivity index (χ1n) is 21.3. The van der Waals surface area contributed by atoms with Crippen LogP contribution in [0.25, 0.3) is 0 Å². The summed E-state index contributed by atoms with van der Waals surface area (Å²) in [5.74, 6) is -0.182. The zero-order chi connectivity index (χ0) is 36.6. The predicted molar refractivity (Wildman–Crippen MR) is 213 cm³/mol. The Morgan fingerprint density at radius 1 is 0.540 bits per heavy atom. The van der Waals surface area contributed by atoms with Crippen LogP contribution in [0.4, 0.5) is 0 Å². The molecule has 0 heterocycles. The standard InChI is InChI=1S/C44H81NO5/c1-3-5-7-9-11-13-15-16-17-18-22-26-30-34-38-44(49)50-39-35-31-27-23-19-21-25-29-33-37-43(48)45-41(40-46)42(47)36-32-28-24-20-14-12-10-8-6-4-2/h15-16,21,25,32,36,41-42,46-47H,3-14,17-20,22-24,26-31,33-35,37-40H2,1-2H3,(H,45,48)/b16-15-,25-21-,36-32+. The molecule has 2 atom stereocenters. The number of hydrogen-bond acceptors (Lipinski definition) is 5. The molecule has 0 aliphatic rings. The summed E-state index contributed by atoms with van der Waals surface area (Å²) in [5, 5.41) is 22.8. The highest BCUT2D eigenvalue weighted by atomic mass is 16.5. The Morgan fingerprint density at radius 2 is 0.960 bits per heavy atom. The van der Waals surface area contributed by atoms with Gasteiger partial charge in [0, 0.05) is 12.8 Å². The van der Waals surface area contributed by atoms with Crippen molar-refractivity contribution in [3.63, 3.8) is 0 Å². The lowest BCUT2D eigenvalue weighted by Crippen LogP contribution is -2.45. The van der Waals surface area contributed by atoms with Gasteiger partial charge in [-0.25, -0.2) is 0 Å². The van der Waals surface area contributed by atoms with Gasteiger partial charge in [-0.2, -0.15) is 0 Å². The molecule has 3 N–H and O–H groups in total. The number of hydrogen-bond donors (Lipinski definition) is 3. The SMILES string of the molecule is CCCCCCC/C=C\CCCCCCCC(=O)OCCCCCC/C=C\CCCC(=O)NC(CO)C(O)/C=C/CCCCCCCCCC. The molecule has 0 aromatic heterocycles. The number of carbonyl (C=O) groups excluding carboxylic acids is 2. The zero-order valence-electron chi connectivity index (χ0n) is 32.9. The van der Waals surface area contributed by atoms with Crippen LogP contribution in [0, 0.1) is 0 Å². The Morgan fingerprint density at radius 3 is 1.46 bits per heavy atom. The number of allylic oxidation sites excluding steroid dienone is 5. The van der Waals surface area contributed by atoms with E-state index < -0.39 is 12.1 Å². The van der Waals surface area contributed by atoms with E-state index in [2.05, 4.69) is 43.5 Å². The monoisotopic (exact) mass is 704 g/mol. The van der Waals surface area contributed by atoms with Crippen molar-refractivity contribution in [2.45, 2.75) is 219 Å². The Hall–Kier alpha value is -1.92. The fourth-order valence-corrected chi connectivity index (χ4v) is 6.04. The fourth-order valence-electron chi connectivity index (χ4n) is 6.04. The number of carbonyl (C=O) groups is 2. The second-order valence-corrected chi connectivity index (χ2v) is 14.3. The van der Waals surface area contributed by atoms with Gasteiger partial charge in [0.15, 0.2) is 0 Å². The minimum absolute atomic E-state index is 0.0484. The molecule has 6 nitrogen and oxygen atoms in total. The van der Waals surface area contributed by atoms with E-state index in [1.54, 1.807) is 6.08 Å². The summed E-state index contributed by atoms with van der Waals surface area (Å²) >= 11 is 0. The van der Waals surface area contributed by atoms with E-state index in [1.807, 2.05) is 6.08 Å². The van der Waals surface area contributed by atoms with Gasteiger partial charge in [-0.1, -0.05) is 153 Å². The van der Waals surface area contributed by atoms with E-state index in [0.717, 1.165) is 70.6 Å². The molecule has 1 amide bonds. The van der Waals surface area contributed by atoms with Gasteiger partial charge >= 0.3 is 5.97 Å². The normalized spacial score (nSPS) is 13.1. The van der Waals surface area contributed by atoms with Crippen LogP contribution in [0.1, 0.15) is 206 Å². The number of rotatable bonds is 38. The number of ether oxygens (including phenoxy) is 1. The molecule has 0 radical (unpaired) electrons. The van der Waals surface area contributed by atoms with E-state index >= 15 is 0 Å². The molecule has 6 heteroatoms. The van der Waals surface area contributed by atoms with Crippen LogP contribution in [0.2, 0.25) is 0 Å². The Bertz CT molecular complexity index is 823. The summed E-state index contributed by atoms with van der Waals surface area (Å²) in [7, 11) is 0. The number of unbranched alkanes of at least 4 members (excludes halogenated alkanes) is 23. The van der Waals surface area contributed by atoms with Crippen LogP contribution >= 0.6 is 0 Å². The molecule has 50 heavy (non-hydrogen) atoms. The topological polar surface area (TPSA) is 95.9 Å². The van der Waals surface area contributed by atoms with E-state index in [0.29, 0.717) is 19.4 Å². The van der Waals surface area contributed by atoms with E-state index in [-0.39, 0.29) is 18.5 Å². The van der Waals surface area contributed by atoms with Crippen LogP contribution in [-0.4, -0.2) is 47.4 Å². The first-order valence-corrected chi connectivity index (χ1v) is 21.3. The quantitative estimate of drug-likeness (QED) is 0.0338. The third-order valence-electron chi connectivity index (χ3n) is 9.38. The summed E-state index contributed by atoms with van der Waals surface area (Å²) in [6, 6.07) is -0.663. The zero-order valence-corrected chi connectivity index (χ0v) is 32.9. The van der Waals surface area contributed by atoms with E-state index in [4.69, 9.17) is 4.74 Å². The highest BCUT2D eigenvalue weighted by Gasteiger charge is 2.17. The molecule has 0 rings (SSSR count). The molecule has 0 aliphatic heterocycles.